The van der Waals surface area contributed by atoms with Crippen LogP contribution >= 0.6 is 0 Å². The Labute approximate surface area is 148 Å². The van der Waals surface area contributed by atoms with Crippen LogP contribution in [0.2, 0.25) is 0 Å². The van der Waals surface area contributed by atoms with Crippen molar-refractivity contribution in [2.75, 3.05) is 13.1 Å². The number of hydrogen-bond acceptors (Lipinski definition) is 2. The van der Waals surface area contributed by atoms with E-state index in [1.807, 2.05) is 18.2 Å². The summed E-state index contributed by atoms with van der Waals surface area (Å²) in [7, 11) is 0. The number of nitrogens with one attached hydrogen (secondary N) is 1. The molecule has 3 rings (SSSR count). The maximum atomic E-state index is 13.9. The second kappa shape index (κ2) is 8.26. The summed E-state index contributed by atoms with van der Waals surface area (Å²) in [5, 5.41) is 3.00. The van der Waals surface area contributed by atoms with Gasteiger partial charge in [0.1, 0.15) is 5.82 Å². The minimum Gasteiger partial charge on any atom is -0.355 e. The lowest BCUT2D eigenvalue weighted by molar-refractivity contribution is -0.122. The molecule has 0 bridgehead atoms. The number of hydrogen-bond donors (Lipinski definition) is 1. The minimum atomic E-state index is -0.201. The van der Waals surface area contributed by atoms with Gasteiger partial charge in [-0.15, -0.1) is 0 Å². The van der Waals surface area contributed by atoms with Crippen molar-refractivity contribution >= 4 is 5.91 Å². The van der Waals surface area contributed by atoms with E-state index in [1.54, 1.807) is 12.1 Å². The zero-order valence-electron chi connectivity index (χ0n) is 14.7. The van der Waals surface area contributed by atoms with Gasteiger partial charge in [-0.1, -0.05) is 42.5 Å². The zero-order chi connectivity index (χ0) is 17.6. The molecule has 0 aliphatic heterocycles. The van der Waals surface area contributed by atoms with Crippen molar-refractivity contribution in [3.63, 3.8) is 0 Å². The average Bonchev–Trinajstić information content (AvgIpc) is 3.43. The van der Waals surface area contributed by atoms with Gasteiger partial charge in [0, 0.05) is 24.7 Å². The highest BCUT2D eigenvalue weighted by Crippen LogP contribution is 2.28. The lowest BCUT2D eigenvalue weighted by atomic mass is 10.1. The van der Waals surface area contributed by atoms with Crippen molar-refractivity contribution in [1.82, 2.24) is 10.2 Å². The molecule has 1 saturated carbocycles. The van der Waals surface area contributed by atoms with Gasteiger partial charge in [-0.2, -0.15) is 0 Å². The molecular weight excluding hydrogens is 315 g/mol. The zero-order valence-corrected chi connectivity index (χ0v) is 14.7. The van der Waals surface area contributed by atoms with E-state index in [9.17, 15) is 9.18 Å². The number of amides is 1. The van der Waals surface area contributed by atoms with Crippen LogP contribution in [0.15, 0.2) is 48.5 Å². The van der Waals surface area contributed by atoms with E-state index in [1.165, 1.54) is 17.2 Å². The highest BCUT2D eigenvalue weighted by molar-refractivity contribution is 5.78. The summed E-state index contributed by atoms with van der Waals surface area (Å²) in [6, 6.07) is 15.4. The highest BCUT2D eigenvalue weighted by Gasteiger charge is 2.30. The third kappa shape index (κ3) is 5.13. The second-order valence-electron chi connectivity index (χ2n) is 6.75. The molecule has 1 amide bonds. The number of carbonyl (C=O) groups is 1. The molecule has 0 saturated heterocycles. The van der Waals surface area contributed by atoms with E-state index in [-0.39, 0.29) is 11.7 Å². The molecule has 0 radical (unpaired) electrons. The maximum Gasteiger partial charge on any atom is 0.234 e. The van der Waals surface area contributed by atoms with Gasteiger partial charge in [-0.3, -0.25) is 9.69 Å². The molecule has 1 N–H and O–H groups in total. The summed E-state index contributed by atoms with van der Waals surface area (Å²) in [5.41, 5.74) is 3.16. The summed E-state index contributed by atoms with van der Waals surface area (Å²) in [6.45, 7) is 3.53. The Hall–Kier alpha value is -2.20. The predicted molar refractivity (Wildman–Crippen MR) is 97.7 cm³/mol. The molecule has 2 aromatic rings. The standard InChI is InChI=1S/C21H25FN2O/c1-16-6-2-3-7-17(16)12-13-23-21(25)15-24(19-10-11-19)14-18-8-4-5-9-20(18)22/h2-9,19H,10-15H2,1H3,(H,23,25). The van der Waals surface area contributed by atoms with Crippen LogP contribution in [-0.4, -0.2) is 29.9 Å². The Balaban J connectivity index is 1.50. The van der Waals surface area contributed by atoms with Gasteiger partial charge in [0.15, 0.2) is 0 Å². The number of carbonyl (C=O) groups excluding carboxylic acids is 1. The summed E-state index contributed by atoms with van der Waals surface area (Å²) >= 11 is 0. The normalized spacial score (nSPS) is 13.9. The Morgan fingerprint density at radius 1 is 1.12 bits per heavy atom. The fraction of sp³-hybridized carbons (Fsp3) is 0.381. The molecule has 0 aromatic heterocycles. The number of rotatable bonds is 8. The Kier molecular flexibility index (Phi) is 5.82. The molecule has 2 aromatic carbocycles. The third-order valence-electron chi connectivity index (χ3n) is 4.72. The fourth-order valence-corrected chi connectivity index (χ4v) is 3.07. The molecule has 1 fully saturated rings. The van der Waals surface area contributed by atoms with Gasteiger partial charge in [0.05, 0.1) is 6.54 Å². The van der Waals surface area contributed by atoms with Crippen molar-refractivity contribution in [2.24, 2.45) is 0 Å². The van der Waals surface area contributed by atoms with Gasteiger partial charge in [0.25, 0.3) is 0 Å². The van der Waals surface area contributed by atoms with Crippen LogP contribution in [0.3, 0.4) is 0 Å². The average molecular weight is 340 g/mol. The molecule has 4 heteroatoms. The van der Waals surface area contributed by atoms with Gasteiger partial charge in [0.2, 0.25) is 5.91 Å². The van der Waals surface area contributed by atoms with Gasteiger partial charge in [-0.05, 0) is 43.4 Å². The van der Waals surface area contributed by atoms with E-state index in [4.69, 9.17) is 0 Å². The lowest BCUT2D eigenvalue weighted by Gasteiger charge is -2.21. The monoisotopic (exact) mass is 340 g/mol. The van der Waals surface area contributed by atoms with Crippen LogP contribution in [0.4, 0.5) is 4.39 Å². The number of benzene rings is 2. The maximum absolute atomic E-state index is 13.9. The first-order valence-corrected chi connectivity index (χ1v) is 8.92. The molecule has 132 valence electrons. The fourth-order valence-electron chi connectivity index (χ4n) is 3.07. The van der Waals surface area contributed by atoms with Crippen LogP contribution < -0.4 is 5.32 Å². The van der Waals surface area contributed by atoms with E-state index in [0.717, 1.165) is 19.3 Å². The van der Waals surface area contributed by atoms with Crippen LogP contribution in [0.1, 0.15) is 29.5 Å². The SMILES string of the molecule is Cc1ccccc1CCNC(=O)CN(Cc1ccccc1F)C1CC1. The van der Waals surface area contributed by atoms with Crippen LogP contribution in [0, 0.1) is 12.7 Å². The van der Waals surface area contributed by atoms with E-state index in [0.29, 0.717) is 31.2 Å². The molecule has 1 aliphatic carbocycles. The van der Waals surface area contributed by atoms with Crippen molar-refractivity contribution in [3.8, 4) is 0 Å². The number of halogens is 1. The smallest absolute Gasteiger partial charge is 0.234 e. The molecule has 0 unspecified atom stereocenters. The summed E-state index contributed by atoms with van der Waals surface area (Å²) in [4.78, 5) is 14.4. The first-order valence-electron chi connectivity index (χ1n) is 8.92. The molecule has 0 spiro atoms. The first kappa shape index (κ1) is 17.6. The topological polar surface area (TPSA) is 32.3 Å². The van der Waals surface area contributed by atoms with Crippen molar-refractivity contribution < 1.29 is 9.18 Å². The highest BCUT2D eigenvalue weighted by atomic mass is 19.1. The minimum absolute atomic E-state index is 0.0109. The number of aryl methyl sites for hydroxylation is 1. The summed E-state index contributed by atoms with van der Waals surface area (Å²) in [5.74, 6) is -0.190. The number of nitrogens with zero attached hydrogens (tertiary/aromatic N) is 1. The predicted octanol–water partition coefficient (Wildman–Crippen LogP) is 3.46. The van der Waals surface area contributed by atoms with Crippen LogP contribution in [0.5, 0.6) is 0 Å². The van der Waals surface area contributed by atoms with Gasteiger partial charge in [-0.25, -0.2) is 4.39 Å². The molecule has 0 atom stereocenters. The Morgan fingerprint density at radius 2 is 1.80 bits per heavy atom. The van der Waals surface area contributed by atoms with Crippen molar-refractivity contribution in [3.05, 3.63) is 71.0 Å². The van der Waals surface area contributed by atoms with E-state index >= 15 is 0 Å². The van der Waals surface area contributed by atoms with Crippen molar-refractivity contribution in [2.45, 2.75) is 38.8 Å². The molecule has 3 nitrogen and oxygen atoms in total. The lowest BCUT2D eigenvalue weighted by Crippen LogP contribution is -2.39. The van der Waals surface area contributed by atoms with Gasteiger partial charge < -0.3 is 5.32 Å². The third-order valence-corrected chi connectivity index (χ3v) is 4.72. The molecule has 1 aliphatic rings. The summed E-state index contributed by atoms with van der Waals surface area (Å²) in [6.07, 6.45) is 3.01. The second-order valence-corrected chi connectivity index (χ2v) is 6.75. The van der Waals surface area contributed by atoms with E-state index in [2.05, 4.69) is 29.3 Å². The van der Waals surface area contributed by atoms with Gasteiger partial charge >= 0.3 is 0 Å². The quantitative estimate of drug-likeness (QED) is 0.798. The molecule has 0 heterocycles. The van der Waals surface area contributed by atoms with E-state index < -0.39 is 0 Å². The summed E-state index contributed by atoms with van der Waals surface area (Å²) < 4.78 is 13.9. The van der Waals surface area contributed by atoms with Crippen LogP contribution in [0.25, 0.3) is 0 Å². The van der Waals surface area contributed by atoms with Crippen molar-refractivity contribution in [1.29, 1.82) is 0 Å². The molecule has 25 heavy (non-hydrogen) atoms. The first-order chi connectivity index (χ1) is 12.1. The van der Waals surface area contributed by atoms with Crippen LogP contribution in [-0.2, 0) is 17.8 Å². The molecular formula is C21H25FN2O. The largest absolute Gasteiger partial charge is 0.355 e. The Bertz CT molecular complexity index is 727. The Morgan fingerprint density at radius 3 is 2.48 bits per heavy atom.